The average molecular weight is 336 g/mol. The van der Waals surface area contributed by atoms with E-state index in [9.17, 15) is 9.18 Å². The maximum atomic E-state index is 13.2. The van der Waals surface area contributed by atoms with Gasteiger partial charge in [0.1, 0.15) is 11.9 Å². The molecular formula is C19H17FN4O. The van der Waals surface area contributed by atoms with Crippen LogP contribution >= 0.6 is 0 Å². The molecule has 0 N–H and O–H groups in total. The molecule has 2 aromatic carbocycles. The first kappa shape index (κ1) is 15.5. The van der Waals surface area contributed by atoms with Gasteiger partial charge in [-0.1, -0.05) is 30.3 Å². The van der Waals surface area contributed by atoms with Gasteiger partial charge in [0.15, 0.2) is 11.6 Å². The minimum Gasteiger partial charge on any atom is -0.329 e. The molecule has 2 heterocycles. The Morgan fingerprint density at radius 1 is 1.08 bits per heavy atom. The molecule has 126 valence electrons. The number of amides is 1. The third-order valence-corrected chi connectivity index (χ3v) is 4.47. The molecule has 1 aliphatic rings. The third-order valence-electron chi connectivity index (χ3n) is 4.47. The van der Waals surface area contributed by atoms with E-state index >= 15 is 0 Å². The monoisotopic (exact) mass is 336 g/mol. The Kier molecular flexibility index (Phi) is 3.80. The van der Waals surface area contributed by atoms with Crippen LogP contribution in [0.15, 0.2) is 54.6 Å². The molecule has 25 heavy (non-hydrogen) atoms. The highest BCUT2D eigenvalue weighted by atomic mass is 19.1. The van der Waals surface area contributed by atoms with Crippen LogP contribution in [0.3, 0.4) is 0 Å². The first-order chi connectivity index (χ1) is 12.1. The maximum Gasteiger partial charge on any atom is 0.246 e. The molecular weight excluding hydrogens is 319 g/mol. The summed E-state index contributed by atoms with van der Waals surface area (Å²) < 4.78 is 15.0. The van der Waals surface area contributed by atoms with Gasteiger partial charge in [-0.3, -0.25) is 9.36 Å². The van der Waals surface area contributed by atoms with E-state index in [2.05, 4.69) is 10.2 Å². The summed E-state index contributed by atoms with van der Waals surface area (Å²) in [6.45, 7) is 2.80. The van der Waals surface area contributed by atoms with E-state index in [1.807, 2.05) is 41.8 Å². The van der Waals surface area contributed by atoms with Crippen LogP contribution in [0.5, 0.6) is 0 Å². The van der Waals surface area contributed by atoms with E-state index in [4.69, 9.17) is 0 Å². The van der Waals surface area contributed by atoms with Crippen molar-refractivity contribution in [3.8, 4) is 11.4 Å². The molecule has 0 radical (unpaired) electrons. The van der Waals surface area contributed by atoms with Gasteiger partial charge >= 0.3 is 0 Å². The molecule has 0 spiro atoms. The molecule has 1 aromatic heterocycles. The second-order valence-corrected chi connectivity index (χ2v) is 6.17. The average Bonchev–Trinajstić information content (AvgIpc) is 3.05. The lowest BCUT2D eigenvalue weighted by Crippen LogP contribution is -2.41. The number of aromatic nitrogens is 3. The zero-order valence-electron chi connectivity index (χ0n) is 13.8. The Morgan fingerprint density at radius 2 is 1.80 bits per heavy atom. The topological polar surface area (TPSA) is 51.0 Å². The van der Waals surface area contributed by atoms with Crippen molar-refractivity contribution in [1.29, 1.82) is 0 Å². The molecule has 0 saturated carbocycles. The molecule has 0 bridgehead atoms. The van der Waals surface area contributed by atoms with E-state index < -0.39 is 6.04 Å². The molecule has 1 aliphatic heterocycles. The van der Waals surface area contributed by atoms with Gasteiger partial charge in [-0.15, -0.1) is 10.2 Å². The highest BCUT2D eigenvalue weighted by molar-refractivity contribution is 5.82. The number of fused-ring (bicyclic) bond motifs is 1. The van der Waals surface area contributed by atoms with Gasteiger partial charge in [0.2, 0.25) is 5.91 Å². The second kappa shape index (κ2) is 6.12. The van der Waals surface area contributed by atoms with Crippen LogP contribution in [-0.4, -0.2) is 25.6 Å². The largest absolute Gasteiger partial charge is 0.329 e. The number of halogens is 1. The Morgan fingerprint density at radius 3 is 2.52 bits per heavy atom. The zero-order valence-corrected chi connectivity index (χ0v) is 13.8. The lowest BCUT2D eigenvalue weighted by Gasteiger charge is -2.32. The molecule has 0 saturated heterocycles. The third kappa shape index (κ3) is 2.80. The van der Waals surface area contributed by atoms with Crippen LogP contribution in [0.2, 0.25) is 0 Å². The molecule has 4 rings (SSSR count). The SMILES string of the molecule is C[C@H]1C(=O)N(Cc2ccccc2)Cc2nnc(-c3ccc(F)cc3)n21. The standard InChI is InChI=1S/C19H17FN4O/c1-13-19(25)23(11-14-5-3-2-4-6-14)12-17-21-22-18(24(13)17)15-7-9-16(20)10-8-15/h2-10,13H,11-12H2,1H3/t13-/m0/s1. The van der Waals surface area contributed by atoms with Gasteiger partial charge in [0, 0.05) is 12.1 Å². The summed E-state index contributed by atoms with van der Waals surface area (Å²) >= 11 is 0. The number of hydrogen-bond acceptors (Lipinski definition) is 3. The lowest BCUT2D eigenvalue weighted by molar-refractivity contribution is -0.137. The number of nitrogens with zero attached hydrogens (tertiary/aromatic N) is 4. The van der Waals surface area contributed by atoms with E-state index in [0.29, 0.717) is 18.9 Å². The second-order valence-electron chi connectivity index (χ2n) is 6.17. The fourth-order valence-electron chi connectivity index (χ4n) is 3.20. The predicted octanol–water partition coefficient (Wildman–Crippen LogP) is 3.19. The van der Waals surface area contributed by atoms with Crippen LogP contribution in [-0.2, 0) is 17.9 Å². The highest BCUT2D eigenvalue weighted by Gasteiger charge is 2.33. The fraction of sp³-hybridized carbons (Fsp3) is 0.211. The summed E-state index contributed by atoms with van der Waals surface area (Å²) in [6.07, 6.45) is 0. The van der Waals surface area contributed by atoms with Crippen molar-refractivity contribution in [1.82, 2.24) is 19.7 Å². The Balaban J connectivity index is 1.66. The Bertz CT molecular complexity index is 905. The summed E-state index contributed by atoms with van der Waals surface area (Å²) in [5.41, 5.74) is 1.83. The summed E-state index contributed by atoms with van der Waals surface area (Å²) in [7, 11) is 0. The summed E-state index contributed by atoms with van der Waals surface area (Å²) in [6, 6.07) is 15.5. The van der Waals surface area contributed by atoms with Gasteiger partial charge in [-0.05, 0) is 36.8 Å². The van der Waals surface area contributed by atoms with Gasteiger partial charge < -0.3 is 4.90 Å². The molecule has 3 aromatic rings. The van der Waals surface area contributed by atoms with Crippen LogP contribution in [0, 0.1) is 5.82 Å². The lowest BCUT2D eigenvalue weighted by atomic mass is 10.1. The Labute approximate surface area is 144 Å². The number of carbonyl (C=O) groups excluding carboxylic acids is 1. The minimum absolute atomic E-state index is 0.0273. The van der Waals surface area contributed by atoms with Crippen molar-refractivity contribution in [3.05, 3.63) is 71.8 Å². The smallest absolute Gasteiger partial charge is 0.246 e. The number of benzene rings is 2. The van der Waals surface area contributed by atoms with Gasteiger partial charge in [0.25, 0.3) is 0 Å². The minimum atomic E-state index is -0.400. The molecule has 0 aliphatic carbocycles. The first-order valence-corrected chi connectivity index (χ1v) is 8.16. The molecule has 0 unspecified atom stereocenters. The summed E-state index contributed by atoms with van der Waals surface area (Å²) in [4.78, 5) is 14.6. The number of hydrogen-bond donors (Lipinski definition) is 0. The first-order valence-electron chi connectivity index (χ1n) is 8.16. The van der Waals surface area contributed by atoms with Crippen molar-refractivity contribution in [3.63, 3.8) is 0 Å². The van der Waals surface area contributed by atoms with Crippen LogP contribution in [0.4, 0.5) is 4.39 Å². The molecule has 6 heteroatoms. The zero-order chi connectivity index (χ0) is 17.4. The van der Waals surface area contributed by atoms with E-state index in [-0.39, 0.29) is 11.7 Å². The summed E-state index contributed by atoms with van der Waals surface area (Å²) in [5.74, 6) is 1.05. The van der Waals surface area contributed by atoms with Gasteiger partial charge in [0.05, 0.1) is 6.54 Å². The predicted molar refractivity (Wildman–Crippen MR) is 90.8 cm³/mol. The normalized spacial score (nSPS) is 16.8. The van der Waals surface area contributed by atoms with Crippen molar-refractivity contribution in [2.45, 2.75) is 26.1 Å². The number of rotatable bonds is 3. The summed E-state index contributed by atoms with van der Waals surface area (Å²) in [5, 5.41) is 8.49. The fourth-order valence-corrected chi connectivity index (χ4v) is 3.20. The van der Waals surface area contributed by atoms with Gasteiger partial charge in [-0.25, -0.2) is 4.39 Å². The van der Waals surface area contributed by atoms with Crippen molar-refractivity contribution >= 4 is 5.91 Å². The molecule has 5 nitrogen and oxygen atoms in total. The maximum absolute atomic E-state index is 13.2. The van der Waals surface area contributed by atoms with Crippen molar-refractivity contribution < 1.29 is 9.18 Å². The van der Waals surface area contributed by atoms with E-state index in [1.165, 1.54) is 12.1 Å². The van der Waals surface area contributed by atoms with Crippen LogP contribution < -0.4 is 0 Å². The van der Waals surface area contributed by atoms with Crippen LogP contribution in [0.25, 0.3) is 11.4 Å². The quantitative estimate of drug-likeness (QED) is 0.738. The van der Waals surface area contributed by atoms with Crippen molar-refractivity contribution in [2.24, 2.45) is 0 Å². The van der Waals surface area contributed by atoms with Gasteiger partial charge in [-0.2, -0.15) is 0 Å². The molecule has 1 atom stereocenters. The van der Waals surface area contributed by atoms with E-state index in [1.54, 1.807) is 17.0 Å². The molecule has 0 fully saturated rings. The molecule has 1 amide bonds. The highest BCUT2D eigenvalue weighted by Crippen LogP contribution is 2.29. The van der Waals surface area contributed by atoms with Crippen LogP contribution in [0.1, 0.15) is 24.4 Å². The number of carbonyl (C=O) groups is 1. The Hall–Kier alpha value is -3.02. The van der Waals surface area contributed by atoms with E-state index in [0.717, 1.165) is 17.0 Å². The van der Waals surface area contributed by atoms with Crippen molar-refractivity contribution in [2.75, 3.05) is 0 Å².